The Hall–Kier alpha value is -3.27. The maximum absolute atomic E-state index is 14.1. The third-order valence-electron chi connectivity index (χ3n) is 11.4. The average molecular weight is 737 g/mol. The highest BCUT2D eigenvalue weighted by Gasteiger charge is 2.45. The van der Waals surface area contributed by atoms with Gasteiger partial charge in [-0.25, -0.2) is 9.59 Å². The van der Waals surface area contributed by atoms with Gasteiger partial charge in [0.05, 0.1) is 22.0 Å². The number of urea groups is 2. The Morgan fingerprint density at radius 2 is 1.70 bits per heavy atom. The number of hydrogen-bond acceptors (Lipinski definition) is 7. The van der Waals surface area contributed by atoms with Crippen LogP contribution in [0, 0.1) is 0 Å². The van der Waals surface area contributed by atoms with Crippen molar-refractivity contribution in [2.45, 2.75) is 81.3 Å². The van der Waals surface area contributed by atoms with Crippen LogP contribution in [0.2, 0.25) is 5.02 Å². The van der Waals surface area contributed by atoms with E-state index in [1.165, 1.54) is 12.5 Å². The number of fused-ring (bicyclic) bond motifs is 3. The Kier molecular flexibility index (Phi) is 9.87. The van der Waals surface area contributed by atoms with Gasteiger partial charge in [-0.3, -0.25) is 9.69 Å². The number of nitrogens with zero attached hydrogens (tertiary/aromatic N) is 5. The van der Waals surface area contributed by atoms with E-state index < -0.39 is 29.5 Å². The molecule has 5 amide bonds. The number of piperidine rings is 2. The molecule has 3 atom stereocenters. The minimum absolute atomic E-state index is 0.0469. The molecule has 0 radical (unpaired) electrons. The Morgan fingerprint density at radius 1 is 1.00 bits per heavy atom. The monoisotopic (exact) mass is 736 g/mol. The molecule has 0 spiro atoms. The quantitative estimate of drug-likeness (QED) is 0.375. The summed E-state index contributed by atoms with van der Waals surface area (Å²) in [5, 5.41) is 9.59. The number of carbonyl (C=O) groups is 3. The fourth-order valence-corrected chi connectivity index (χ4v) is 9.64. The molecule has 4 saturated heterocycles. The molecule has 1 aromatic carbocycles. The van der Waals surface area contributed by atoms with Gasteiger partial charge in [0.15, 0.2) is 0 Å². The third kappa shape index (κ3) is 7.10. The average Bonchev–Trinajstić information content (AvgIpc) is 3.79. The molecule has 50 heavy (non-hydrogen) atoms. The number of rotatable bonds is 6. The summed E-state index contributed by atoms with van der Waals surface area (Å²) in [7, 11) is 2.17. The maximum Gasteiger partial charge on any atom is 0.418 e. The first-order chi connectivity index (χ1) is 23.9. The van der Waals surface area contributed by atoms with E-state index in [4.69, 9.17) is 17.3 Å². The smallest absolute Gasteiger partial charge is 0.397 e. The van der Waals surface area contributed by atoms with Gasteiger partial charge in [0.25, 0.3) is 0 Å². The van der Waals surface area contributed by atoms with Crippen LogP contribution in [0.5, 0.6) is 0 Å². The summed E-state index contributed by atoms with van der Waals surface area (Å²) in [4.78, 5) is 51.0. The predicted molar refractivity (Wildman–Crippen MR) is 186 cm³/mol. The molecule has 272 valence electrons. The molecule has 4 N–H and O–H groups in total. The summed E-state index contributed by atoms with van der Waals surface area (Å²) in [6.07, 6.45) is -0.255. The fraction of sp³-hybridized carbons (Fsp3) is 0.618. The summed E-state index contributed by atoms with van der Waals surface area (Å²) < 4.78 is 41.5. The molecule has 1 aromatic heterocycles. The maximum atomic E-state index is 14.1. The van der Waals surface area contributed by atoms with Crippen LogP contribution in [-0.2, 0) is 23.8 Å². The molecular weight excluding hydrogens is 693 g/mol. The van der Waals surface area contributed by atoms with Gasteiger partial charge in [0.1, 0.15) is 6.04 Å². The number of nitrogens with two attached hydrogens (primary N) is 1. The number of likely N-dealkylation sites (tertiary alicyclic amines) is 4. The van der Waals surface area contributed by atoms with Crippen LogP contribution in [-0.4, -0.2) is 126 Å². The van der Waals surface area contributed by atoms with Crippen molar-refractivity contribution in [2.75, 3.05) is 63.9 Å². The molecule has 5 aliphatic rings. The Labute approximate surface area is 298 Å². The highest BCUT2D eigenvalue weighted by atomic mass is 35.5. The van der Waals surface area contributed by atoms with Crippen molar-refractivity contribution in [1.29, 1.82) is 0 Å². The number of carbonyl (C=O) groups excluding carboxylic acids is 3. The van der Waals surface area contributed by atoms with E-state index >= 15 is 0 Å². The van der Waals surface area contributed by atoms with E-state index in [2.05, 4.69) is 27.5 Å². The van der Waals surface area contributed by atoms with E-state index in [-0.39, 0.29) is 35.0 Å². The van der Waals surface area contributed by atoms with Gasteiger partial charge < -0.3 is 36.0 Å². The van der Waals surface area contributed by atoms with Gasteiger partial charge in [-0.1, -0.05) is 11.6 Å². The first kappa shape index (κ1) is 35.1. The summed E-state index contributed by atoms with van der Waals surface area (Å²) in [6, 6.07) is 1.97. The molecule has 2 bridgehead atoms. The van der Waals surface area contributed by atoms with E-state index in [0.717, 1.165) is 49.7 Å². The van der Waals surface area contributed by atoms with Crippen LogP contribution in [0.3, 0.4) is 0 Å². The van der Waals surface area contributed by atoms with Crippen LogP contribution in [0.4, 0.5) is 34.1 Å². The number of likely N-dealkylation sites (N-methyl/N-ethyl adjacent to an activating group) is 1. The van der Waals surface area contributed by atoms with E-state index in [1.807, 2.05) is 15.7 Å². The van der Waals surface area contributed by atoms with Crippen LogP contribution >= 0.6 is 22.9 Å². The highest BCUT2D eigenvalue weighted by molar-refractivity contribution is 7.08. The van der Waals surface area contributed by atoms with Crippen LogP contribution in [0.15, 0.2) is 22.9 Å². The number of anilines is 2. The van der Waals surface area contributed by atoms with E-state index in [0.29, 0.717) is 63.7 Å². The number of nitrogen functional groups attached to an aromatic ring is 1. The van der Waals surface area contributed by atoms with Crippen molar-refractivity contribution in [2.24, 2.45) is 0 Å². The van der Waals surface area contributed by atoms with Gasteiger partial charge in [0, 0.05) is 81.8 Å². The highest BCUT2D eigenvalue weighted by Crippen LogP contribution is 2.38. The number of piperazine rings is 1. The normalized spacial score (nSPS) is 24.7. The van der Waals surface area contributed by atoms with Gasteiger partial charge in [-0.15, -0.1) is 11.3 Å². The molecule has 16 heteroatoms. The van der Waals surface area contributed by atoms with E-state index in [9.17, 15) is 27.6 Å². The topological polar surface area (TPSA) is 117 Å². The lowest BCUT2D eigenvalue weighted by molar-refractivity contribution is -0.137. The lowest BCUT2D eigenvalue weighted by Crippen LogP contribution is -2.58. The number of thiophene rings is 1. The minimum atomic E-state index is -4.74. The predicted octanol–water partition coefficient (Wildman–Crippen LogP) is 4.56. The summed E-state index contributed by atoms with van der Waals surface area (Å²) in [5.41, 5.74) is 6.15. The summed E-state index contributed by atoms with van der Waals surface area (Å²) >= 11 is 7.70. The van der Waals surface area contributed by atoms with Crippen molar-refractivity contribution >= 4 is 52.3 Å². The molecule has 11 nitrogen and oxygen atoms in total. The zero-order valence-electron chi connectivity index (χ0n) is 28.1. The van der Waals surface area contributed by atoms with Gasteiger partial charge >= 0.3 is 18.2 Å². The fourth-order valence-electron chi connectivity index (χ4n) is 8.57. The summed E-state index contributed by atoms with van der Waals surface area (Å²) in [6.45, 7) is 4.42. The number of benzene rings is 1. The van der Waals surface area contributed by atoms with Crippen molar-refractivity contribution in [3.05, 3.63) is 44.6 Å². The van der Waals surface area contributed by atoms with Crippen molar-refractivity contribution in [3.8, 4) is 0 Å². The van der Waals surface area contributed by atoms with Crippen LogP contribution in [0.25, 0.3) is 0 Å². The molecular formula is C34H44ClF3N8O3S. The second kappa shape index (κ2) is 14.0. The molecule has 4 fully saturated rings. The van der Waals surface area contributed by atoms with Crippen LogP contribution in [0.1, 0.15) is 48.8 Å². The van der Waals surface area contributed by atoms with Crippen molar-refractivity contribution in [1.82, 2.24) is 29.8 Å². The molecule has 5 aliphatic heterocycles. The first-order valence-electron chi connectivity index (χ1n) is 17.4. The Morgan fingerprint density at radius 3 is 2.36 bits per heavy atom. The zero-order valence-corrected chi connectivity index (χ0v) is 29.6. The molecule has 0 saturated carbocycles. The zero-order chi connectivity index (χ0) is 35.3. The van der Waals surface area contributed by atoms with Crippen molar-refractivity contribution < 1.29 is 27.6 Å². The minimum Gasteiger partial charge on any atom is -0.397 e. The molecule has 6 heterocycles. The molecule has 0 aliphatic carbocycles. The first-order valence-corrected chi connectivity index (χ1v) is 18.8. The summed E-state index contributed by atoms with van der Waals surface area (Å²) in [5.74, 6) is -0.329. The second-order valence-corrected chi connectivity index (χ2v) is 15.5. The second-order valence-electron chi connectivity index (χ2n) is 14.4. The Balaban J connectivity index is 1.02. The number of nitrogens with one attached hydrogen (secondary N) is 2. The van der Waals surface area contributed by atoms with Crippen molar-refractivity contribution in [3.63, 3.8) is 0 Å². The molecule has 2 unspecified atom stereocenters. The van der Waals surface area contributed by atoms with Gasteiger partial charge in [-0.05, 0) is 74.2 Å². The third-order valence-corrected chi connectivity index (χ3v) is 12.5. The van der Waals surface area contributed by atoms with Crippen LogP contribution < -0.4 is 16.4 Å². The lowest BCUT2D eigenvalue weighted by Gasteiger charge is -2.42. The van der Waals surface area contributed by atoms with Gasteiger partial charge in [0.2, 0.25) is 5.91 Å². The van der Waals surface area contributed by atoms with E-state index in [1.54, 1.807) is 21.1 Å². The lowest BCUT2D eigenvalue weighted by atomic mass is 9.98. The largest absolute Gasteiger partial charge is 0.418 e. The SMILES string of the molecule is CN1CC2CC1CN2C1CCN(C(=O)[C@@H](Cc2cc(Cl)c(N)c(C(F)(F)F)c2)NC(=O)N2CCC(N3CCc4cscc4NC3=O)CC2)CC1. The Bertz CT molecular complexity index is 1610. The number of amides is 5. The van der Waals surface area contributed by atoms with Gasteiger partial charge in [-0.2, -0.15) is 13.2 Å². The molecule has 7 rings (SSSR count). The number of hydrogen-bond donors (Lipinski definition) is 3. The molecule has 2 aromatic rings. The number of halogens is 4. The number of alkyl halides is 3. The standard InChI is InChI=1S/C34H44ClF3N8O3S/c1-42-16-25-15-24(42)17-46(25)23-3-7-43(8-4-23)31(47)28(14-20-12-26(34(36,37)38)30(39)27(35)13-20)40-32(48)44-9-5-22(6-10-44)45-11-2-21-18-50-19-29(21)41-33(45)49/h12-13,18-19,22-25,28H,2-11,14-17,39H2,1H3,(H,40,48)(H,41,49)/t24?,25?,28-/m1/s1.